The second-order valence-corrected chi connectivity index (χ2v) is 8.52. The first-order chi connectivity index (χ1) is 9.96. The second-order valence-electron chi connectivity index (χ2n) is 4.06. The van der Waals surface area contributed by atoms with Crippen molar-refractivity contribution in [2.75, 3.05) is 14.2 Å². The summed E-state index contributed by atoms with van der Waals surface area (Å²) in [4.78, 5) is 0. The van der Waals surface area contributed by atoms with Crippen LogP contribution in [-0.4, -0.2) is 22.6 Å². The predicted molar refractivity (Wildman–Crippen MR) is 85.6 cm³/mol. The van der Waals surface area contributed by atoms with Gasteiger partial charge in [-0.1, -0.05) is 6.07 Å². The van der Waals surface area contributed by atoms with E-state index in [4.69, 9.17) is 9.47 Å². The maximum Gasteiger partial charge on any atom is 0.250 e. The van der Waals surface area contributed by atoms with Crippen LogP contribution in [0.1, 0.15) is 5.56 Å². The van der Waals surface area contributed by atoms with Crippen LogP contribution in [-0.2, 0) is 16.6 Å². The van der Waals surface area contributed by atoms with Crippen LogP contribution >= 0.6 is 27.3 Å². The normalized spacial score (nSPS) is 11.4. The van der Waals surface area contributed by atoms with Crippen LogP contribution in [0.5, 0.6) is 11.5 Å². The number of halogens is 1. The maximum atomic E-state index is 12.2. The Kier molecular flexibility index (Phi) is 5.26. The van der Waals surface area contributed by atoms with Gasteiger partial charge in [0.25, 0.3) is 0 Å². The fourth-order valence-electron chi connectivity index (χ4n) is 1.68. The summed E-state index contributed by atoms with van der Waals surface area (Å²) >= 11 is 4.41. The lowest BCUT2D eigenvalue weighted by Crippen LogP contribution is -2.22. The molecule has 0 unspecified atom stereocenters. The standard InChI is InChI=1S/C13H14BrNO4S2/c1-18-10-4-3-9(11(7-10)19-2)8-15-21(16,17)13-6-5-12(14)20-13/h3-7,15H,8H2,1-2H3. The van der Waals surface area contributed by atoms with Gasteiger partial charge >= 0.3 is 0 Å². The van der Waals surface area contributed by atoms with E-state index in [0.717, 1.165) is 20.7 Å². The number of sulfonamides is 1. The van der Waals surface area contributed by atoms with Crippen LogP contribution < -0.4 is 14.2 Å². The lowest BCUT2D eigenvalue weighted by molar-refractivity contribution is 0.390. The van der Waals surface area contributed by atoms with Gasteiger partial charge in [-0.2, -0.15) is 0 Å². The van der Waals surface area contributed by atoms with Crippen LogP contribution in [0.25, 0.3) is 0 Å². The Morgan fingerprint density at radius 2 is 1.95 bits per heavy atom. The highest BCUT2D eigenvalue weighted by Crippen LogP contribution is 2.27. The van der Waals surface area contributed by atoms with Gasteiger partial charge in [-0.05, 0) is 34.1 Å². The Bertz CT molecular complexity index is 728. The summed E-state index contributed by atoms with van der Waals surface area (Å²) in [7, 11) is -0.434. The van der Waals surface area contributed by atoms with Crippen molar-refractivity contribution in [3.63, 3.8) is 0 Å². The third kappa shape index (κ3) is 3.97. The highest BCUT2D eigenvalue weighted by molar-refractivity contribution is 9.11. The Morgan fingerprint density at radius 1 is 1.19 bits per heavy atom. The molecule has 1 aromatic heterocycles. The smallest absolute Gasteiger partial charge is 0.250 e. The molecular formula is C13H14BrNO4S2. The van der Waals surface area contributed by atoms with Crippen molar-refractivity contribution in [3.8, 4) is 11.5 Å². The summed E-state index contributed by atoms with van der Waals surface area (Å²) in [6, 6.07) is 8.50. The van der Waals surface area contributed by atoms with Crippen molar-refractivity contribution in [2.45, 2.75) is 10.8 Å². The molecule has 0 atom stereocenters. The molecule has 0 fully saturated rings. The first-order valence-electron chi connectivity index (χ1n) is 5.92. The largest absolute Gasteiger partial charge is 0.497 e. The summed E-state index contributed by atoms with van der Waals surface area (Å²) < 4.78 is 38.3. The molecule has 0 spiro atoms. The van der Waals surface area contributed by atoms with Crippen molar-refractivity contribution < 1.29 is 17.9 Å². The lowest BCUT2D eigenvalue weighted by atomic mass is 10.2. The minimum Gasteiger partial charge on any atom is -0.497 e. The molecule has 1 N–H and O–H groups in total. The van der Waals surface area contributed by atoms with Gasteiger partial charge in [0.15, 0.2) is 0 Å². The number of nitrogens with one attached hydrogen (secondary N) is 1. The molecule has 0 aliphatic heterocycles. The molecule has 2 rings (SSSR count). The van der Waals surface area contributed by atoms with E-state index in [9.17, 15) is 8.42 Å². The predicted octanol–water partition coefficient (Wildman–Crippen LogP) is 3.01. The molecule has 8 heteroatoms. The maximum absolute atomic E-state index is 12.2. The molecule has 0 aliphatic rings. The zero-order chi connectivity index (χ0) is 15.5. The van der Waals surface area contributed by atoms with Gasteiger partial charge in [-0.15, -0.1) is 11.3 Å². The van der Waals surface area contributed by atoms with Gasteiger partial charge < -0.3 is 9.47 Å². The zero-order valence-corrected chi connectivity index (χ0v) is 14.6. The molecular weight excluding hydrogens is 378 g/mol. The van der Waals surface area contributed by atoms with E-state index in [2.05, 4.69) is 20.7 Å². The van der Waals surface area contributed by atoms with E-state index in [-0.39, 0.29) is 10.8 Å². The summed E-state index contributed by atoms with van der Waals surface area (Å²) in [5.41, 5.74) is 0.734. The number of benzene rings is 1. The summed E-state index contributed by atoms with van der Waals surface area (Å²) in [6.45, 7) is 0.144. The summed E-state index contributed by atoms with van der Waals surface area (Å²) in [6.07, 6.45) is 0. The molecule has 0 saturated carbocycles. The SMILES string of the molecule is COc1ccc(CNS(=O)(=O)c2ccc(Br)s2)c(OC)c1. The number of ether oxygens (including phenoxy) is 2. The number of hydrogen-bond donors (Lipinski definition) is 1. The fraction of sp³-hybridized carbons (Fsp3) is 0.231. The number of rotatable bonds is 6. The molecule has 1 heterocycles. The Hall–Kier alpha value is -1.09. The topological polar surface area (TPSA) is 64.6 Å². The Morgan fingerprint density at radius 3 is 2.52 bits per heavy atom. The van der Waals surface area contributed by atoms with Gasteiger partial charge in [0.05, 0.1) is 18.0 Å². The van der Waals surface area contributed by atoms with Gasteiger partial charge in [-0.3, -0.25) is 0 Å². The Balaban J connectivity index is 2.16. The molecule has 5 nitrogen and oxygen atoms in total. The van der Waals surface area contributed by atoms with Crippen molar-refractivity contribution in [1.82, 2.24) is 4.72 Å². The molecule has 1 aromatic carbocycles. The highest BCUT2D eigenvalue weighted by atomic mass is 79.9. The van der Waals surface area contributed by atoms with E-state index in [0.29, 0.717) is 11.5 Å². The first kappa shape index (κ1) is 16.3. The fourth-order valence-corrected chi connectivity index (χ4v) is 4.74. The zero-order valence-electron chi connectivity index (χ0n) is 11.4. The van der Waals surface area contributed by atoms with Gasteiger partial charge in [0.2, 0.25) is 10.0 Å². The molecule has 114 valence electrons. The van der Waals surface area contributed by atoms with Crippen molar-refractivity contribution >= 4 is 37.3 Å². The van der Waals surface area contributed by atoms with Gasteiger partial charge in [-0.25, -0.2) is 13.1 Å². The van der Waals surface area contributed by atoms with E-state index >= 15 is 0 Å². The molecule has 21 heavy (non-hydrogen) atoms. The molecule has 0 aliphatic carbocycles. The Labute approximate surface area is 136 Å². The molecule has 0 amide bonds. The van der Waals surface area contributed by atoms with E-state index in [1.165, 1.54) is 7.11 Å². The second kappa shape index (κ2) is 6.78. The number of methoxy groups -OCH3 is 2. The molecule has 0 radical (unpaired) electrons. The lowest BCUT2D eigenvalue weighted by Gasteiger charge is -2.11. The summed E-state index contributed by atoms with van der Waals surface area (Å²) in [5.74, 6) is 1.23. The highest BCUT2D eigenvalue weighted by Gasteiger charge is 2.17. The molecule has 0 bridgehead atoms. The number of thiophene rings is 1. The van der Waals surface area contributed by atoms with Crippen molar-refractivity contribution in [1.29, 1.82) is 0 Å². The third-order valence-corrected chi connectivity index (χ3v) is 6.28. The van der Waals surface area contributed by atoms with Crippen molar-refractivity contribution in [2.24, 2.45) is 0 Å². The minimum atomic E-state index is -3.53. The van der Waals surface area contributed by atoms with Crippen LogP contribution in [0.4, 0.5) is 0 Å². The number of hydrogen-bond acceptors (Lipinski definition) is 5. The average molecular weight is 392 g/mol. The van der Waals surface area contributed by atoms with Crippen LogP contribution in [0, 0.1) is 0 Å². The van der Waals surface area contributed by atoms with Crippen molar-refractivity contribution in [3.05, 3.63) is 39.7 Å². The van der Waals surface area contributed by atoms with E-state index in [1.807, 2.05) is 0 Å². The van der Waals surface area contributed by atoms with Crippen LogP contribution in [0.15, 0.2) is 38.3 Å². The van der Waals surface area contributed by atoms with Crippen LogP contribution in [0.3, 0.4) is 0 Å². The molecule has 2 aromatic rings. The molecule has 0 saturated heterocycles. The summed E-state index contributed by atoms with van der Waals surface area (Å²) in [5, 5.41) is 0. The van der Waals surface area contributed by atoms with Crippen LogP contribution in [0.2, 0.25) is 0 Å². The quantitative estimate of drug-likeness (QED) is 0.821. The first-order valence-corrected chi connectivity index (χ1v) is 9.01. The van der Waals surface area contributed by atoms with Gasteiger partial charge in [0, 0.05) is 18.2 Å². The minimum absolute atomic E-state index is 0.144. The monoisotopic (exact) mass is 391 g/mol. The van der Waals surface area contributed by atoms with E-state index < -0.39 is 10.0 Å². The van der Waals surface area contributed by atoms with Gasteiger partial charge in [0.1, 0.15) is 15.7 Å². The van der Waals surface area contributed by atoms with E-state index in [1.54, 1.807) is 37.4 Å². The third-order valence-electron chi connectivity index (χ3n) is 2.76. The average Bonchev–Trinajstić information content (AvgIpc) is 2.92.